The van der Waals surface area contributed by atoms with E-state index in [-0.39, 0.29) is 18.3 Å². The number of ether oxygens (including phenoxy) is 1. The van der Waals surface area contributed by atoms with Gasteiger partial charge in [0.2, 0.25) is 0 Å². The Morgan fingerprint density at radius 3 is 2.68 bits per heavy atom. The molecular weight excluding hydrogens is 322 g/mol. The molecule has 2 aromatic rings. The van der Waals surface area contributed by atoms with Crippen molar-refractivity contribution >= 4 is 29.7 Å². The lowest BCUT2D eigenvalue weighted by atomic mass is 10.2. The molecule has 2 rings (SSSR count). The molecule has 0 saturated heterocycles. The van der Waals surface area contributed by atoms with Crippen molar-refractivity contribution < 1.29 is 9.53 Å². The highest BCUT2D eigenvalue weighted by atomic mass is 35.5. The second-order valence-corrected chi connectivity index (χ2v) is 5.45. The topological polar surface area (TPSA) is 77.2 Å². The van der Waals surface area contributed by atoms with Crippen LogP contribution in [0.3, 0.4) is 0 Å². The number of carbonyl (C=O) groups is 1. The minimum Gasteiger partial charge on any atom is -0.494 e. The molecule has 0 saturated carbocycles. The summed E-state index contributed by atoms with van der Waals surface area (Å²) in [5, 5.41) is 5.32. The summed E-state index contributed by atoms with van der Waals surface area (Å²) in [7, 11) is 0. The SMILES string of the molecule is CCCOc1ccc(CNC(=O)c2csc(CN)n2)cc1.Cl. The van der Waals surface area contributed by atoms with Gasteiger partial charge in [-0.2, -0.15) is 0 Å². The molecule has 7 heteroatoms. The van der Waals surface area contributed by atoms with E-state index in [9.17, 15) is 4.79 Å². The molecule has 22 heavy (non-hydrogen) atoms. The molecule has 1 aromatic heterocycles. The average molecular weight is 342 g/mol. The highest BCUT2D eigenvalue weighted by molar-refractivity contribution is 7.09. The van der Waals surface area contributed by atoms with Gasteiger partial charge in [-0.1, -0.05) is 19.1 Å². The van der Waals surface area contributed by atoms with Crippen molar-refractivity contribution in [2.24, 2.45) is 5.73 Å². The van der Waals surface area contributed by atoms with Gasteiger partial charge in [-0.05, 0) is 24.1 Å². The third-order valence-electron chi connectivity index (χ3n) is 2.81. The molecule has 1 aromatic carbocycles. The smallest absolute Gasteiger partial charge is 0.271 e. The highest BCUT2D eigenvalue weighted by Crippen LogP contribution is 2.13. The Hall–Kier alpha value is -1.63. The first-order valence-corrected chi connectivity index (χ1v) is 7.75. The van der Waals surface area contributed by atoms with Crippen LogP contribution in [0.5, 0.6) is 5.75 Å². The van der Waals surface area contributed by atoms with Crippen molar-refractivity contribution in [2.75, 3.05) is 6.61 Å². The van der Waals surface area contributed by atoms with E-state index in [1.54, 1.807) is 5.38 Å². The largest absolute Gasteiger partial charge is 0.494 e. The summed E-state index contributed by atoms with van der Waals surface area (Å²) >= 11 is 1.40. The second kappa shape index (κ2) is 9.40. The molecule has 1 heterocycles. The molecule has 0 spiro atoms. The zero-order valence-corrected chi connectivity index (χ0v) is 14.0. The lowest BCUT2D eigenvalue weighted by Gasteiger charge is -2.06. The molecule has 1 amide bonds. The number of aromatic nitrogens is 1. The first-order chi connectivity index (χ1) is 10.2. The zero-order valence-electron chi connectivity index (χ0n) is 12.4. The normalized spacial score (nSPS) is 9.91. The van der Waals surface area contributed by atoms with Crippen LogP contribution in [0.1, 0.15) is 34.4 Å². The van der Waals surface area contributed by atoms with Gasteiger partial charge in [-0.3, -0.25) is 4.79 Å². The van der Waals surface area contributed by atoms with Gasteiger partial charge in [-0.25, -0.2) is 4.98 Å². The summed E-state index contributed by atoms with van der Waals surface area (Å²) in [6.07, 6.45) is 0.982. The Morgan fingerprint density at radius 1 is 1.36 bits per heavy atom. The van der Waals surface area contributed by atoms with E-state index in [0.717, 1.165) is 22.7 Å². The summed E-state index contributed by atoms with van der Waals surface area (Å²) in [6.45, 7) is 3.60. The van der Waals surface area contributed by atoms with Crippen molar-refractivity contribution in [3.05, 3.63) is 45.9 Å². The molecule has 0 bridgehead atoms. The number of halogens is 1. The third-order valence-corrected chi connectivity index (χ3v) is 3.68. The van der Waals surface area contributed by atoms with Gasteiger partial charge in [0.1, 0.15) is 16.5 Å². The van der Waals surface area contributed by atoms with Gasteiger partial charge < -0.3 is 15.8 Å². The van der Waals surface area contributed by atoms with Crippen LogP contribution < -0.4 is 15.8 Å². The Labute approximate surface area is 140 Å². The quantitative estimate of drug-likeness (QED) is 0.811. The first kappa shape index (κ1) is 18.4. The van der Waals surface area contributed by atoms with Crippen LogP contribution in [-0.2, 0) is 13.1 Å². The van der Waals surface area contributed by atoms with Gasteiger partial charge in [0, 0.05) is 18.5 Å². The number of hydrogen-bond donors (Lipinski definition) is 2. The molecule has 0 aliphatic heterocycles. The fraction of sp³-hybridized carbons (Fsp3) is 0.333. The Balaban J connectivity index is 0.00000242. The van der Waals surface area contributed by atoms with Crippen LogP contribution in [-0.4, -0.2) is 17.5 Å². The number of amides is 1. The lowest BCUT2D eigenvalue weighted by molar-refractivity contribution is 0.0946. The van der Waals surface area contributed by atoms with Gasteiger partial charge in [-0.15, -0.1) is 23.7 Å². The molecule has 0 fully saturated rings. The summed E-state index contributed by atoms with van der Waals surface area (Å²) in [5.41, 5.74) is 6.92. The standard InChI is InChI=1S/C15H19N3O2S.ClH/c1-2-7-20-12-5-3-11(4-6-12)9-17-15(19)13-10-21-14(8-16)18-13;/h3-6,10H,2,7-9,16H2,1H3,(H,17,19);1H. The predicted molar refractivity (Wildman–Crippen MR) is 90.7 cm³/mol. The first-order valence-electron chi connectivity index (χ1n) is 6.87. The number of nitrogens with two attached hydrogens (primary N) is 1. The Bertz CT molecular complexity index is 587. The zero-order chi connectivity index (χ0) is 15.1. The fourth-order valence-corrected chi connectivity index (χ4v) is 2.36. The number of thiazole rings is 1. The molecule has 120 valence electrons. The predicted octanol–water partition coefficient (Wildman–Crippen LogP) is 2.74. The number of nitrogens with one attached hydrogen (secondary N) is 1. The molecule has 0 aliphatic rings. The van der Waals surface area contributed by atoms with Crippen molar-refractivity contribution in [3.63, 3.8) is 0 Å². The van der Waals surface area contributed by atoms with Crippen LogP contribution in [0, 0.1) is 0 Å². The van der Waals surface area contributed by atoms with Crippen molar-refractivity contribution in [3.8, 4) is 5.75 Å². The summed E-state index contributed by atoms with van der Waals surface area (Å²) in [4.78, 5) is 16.1. The molecule has 0 aliphatic carbocycles. The van der Waals surface area contributed by atoms with Crippen molar-refractivity contribution in [1.29, 1.82) is 0 Å². The fourth-order valence-electron chi connectivity index (χ4n) is 1.71. The monoisotopic (exact) mass is 341 g/mol. The van der Waals surface area contributed by atoms with Gasteiger partial charge in [0.25, 0.3) is 5.91 Å². The van der Waals surface area contributed by atoms with Crippen LogP contribution in [0.15, 0.2) is 29.6 Å². The number of hydrogen-bond acceptors (Lipinski definition) is 5. The maximum Gasteiger partial charge on any atom is 0.271 e. The molecule has 5 nitrogen and oxygen atoms in total. The lowest BCUT2D eigenvalue weighted by Crippen LogP contribution is -2.23. The number of rotatable bonds is 7. The molecular formula is C15H20ClN3O2S. The average Bonchev–Trinajstić information content (AvgIpc) is 3.00. The van der Waals surface area contributed by atoms with E-state index in [4.69, 9.17) is 10.5 Å². The van der Waals surface area contributed by atoms with E-state index in [2.05, 4.69) is 17.2 Å². The van der Waals surface area contributed by atoms with Crippen molar-refractivity contribution in [1.82, 2.24) is 10.3 Å². The molecule has 0 atom stereocenters. The van der Waals surface area contributed by atoms with E-state index in [0.29, 0.717) is 25.4 Å². The van der Waals surface area contributed by atoms with E-state index < -0.39 is 0 Å². The molecule has 3 N–H and O–H groups in total. The van der Waals surface area contributed by atoms with Gasteiger partial charge in [0.15, 0.2) is 0 Å². The highest BCUT2D eigenvalue weighted by Gasteiger charge is 2.09. The molecule has 0 radical (unpaired) electrons. The van der Waals surface area contributed by atoms with Crippen LogP contribution in [0.25, 0.3) is 0 Å². The summed E-state index contributed by atoms with van der Waals surface area (Å²) < 4.78 is 5.51. The van der Waals surface area contributed by atoms with Gasteiger partial charge in [0.05, 0.1) is 6.61 Å². The Morgan fingerprint density at radius 2 is 2.09 bits per heavy atom. The van der Waals surface area contributed by atoms with Crippen LogP contribution in [0.2, 0.25) is 0 Å². The van der Waals surface area contributed by atoms with E-state index in [1.165, 1.54) is 11.3 Å². The van der Waals surface area contributed by atoms with Crippen LogP contribution >= 0.6 is 23.7 Å². The van der Waals surface area contributed by atoms with Crippen molar-refractivity contribution in [2.45, 2.75) is 26.4 Å². The second-order valence-electron chi connectivity index (χ2n) is 4.51. The Kier molecular flexibility index (Phi) is 7.87. The summed E-state index contributed by atoms with van der Waals surface area (Å²) in [5.74, 6) is 0.663. The maximum absolute atomic E-state index is 11.9. The van der Waals surface area contributed by atoms with E-state index in [1.807, 2.05) is 24.3 Å². The number of nitrogens with zero attached hydrogens (tertiary/aromatic N) is 1. The number of benzene rings is 1. The van der Waals surface area contributed by atoms with Gasteiger partial charge >= 0.3 is 0 Å². The summed E-state index contributed by atoms with van der Waals surface area (Å²) in [6, 6.07) is 7.70. The van der Waals surface area contributed by atoms with Crippen LogP contribution in [0.4, 0.5) is 0 Å². The maximum atomic E-state index is 11.9. The number of carbonyl (C=O) groups excluding carboxylic acids is 1. The molecule has 0 unspecified atom stereocenters. The van der Waals surface area contributed by atoms with E-state index >= 15 is 0 Å². The third kappa shape index (κ3) is 5.29. The minimum absolute atomic E-state index is 0. The minimum atomic E-state index is -0.183.